The summed E-state index contributed by atoms with van der Waals surface area (Å²) in [5, 5.41) is 9.69. The SMILES string of the molecule is C[C@]12CC[C@@H]3c4ccc(O)cc4CC[C@H]3[C@@H]1CCC2N. The molecular weight excluding hydrogens is 246 g/mol. The van der Waals surface area contributed by atoms with E-state index in [1.165, 1.54) is 43.2 Å². The van der Waals surface area contributed by atoms with Gasteiger partial charge in [0.05, 0.1) is 0 Å². The fraction of sp³-hybridized carbons (Fsp3) is 0.667. The molecule has 1 unspecified atom stereocenters. The Morgan fingerprint density at radius 1 is 1.20 bits per heavy atom. The number of aromatic hydroxyl groups is 1. The van der Waals surface area contributed by atoms with E-state index in [1.54, 1.807) is 0 Å². The number of nitrogens with two attached hydrogens (primary N) is 1. The average Bonchev–Trinajstić information content (AvgIpc) is 2.74. The van der Waals surface area contributed by atoms with Crippen molar-refractivity contribution in [1.29, 1.82) is 0 Å². The first-order chi connectivity index (χ1) is 9.59. The molecule has 0 radical (unpaired) electrons. The molecule has 0 saturated heterocycles. The smallest absolute Gasteiger partial charge is 0.115 e. The number of aryl methyl sites for hydroxylation is 1. The summed E-state index contributed by atoms with van der Waals surface area (Å²) in [7, 11) is 0. The second-order valence-corrected chi connectivity index (χ2v) is 7.53. The summed E-state index contributed by atoms with van der Waals surface area (Å²) in [6.45, 7) is 2.44. The molecule has 108 valence electrons. The van der Waals surface area contributed by atoms with Crippen LogP contribution in [0.2, 0.25) is 0 Å². The van der Waals surface area contributed by atoms with Gasteiger partial charge in [-0.25, -0.2) is 0 Å². The quantitative estimate of drug-likeness (QED) is 0.757. The first-order valence-corrected chi connectivity index (χ1v) is 8.17. The van der Waals surface area contributed by atoms with E-state index < -0.39 is 0 Å². The first-order valence-electron chi connectivity index (χ1n) is 8.17. The van der Waals surface area contributed by atoms with Gasteiger partial charge in [0.15, 0.2) is 0 Å². The Morgan fingerprint density at radius 3 is 2.90 bits per heavy atom. The minimum absolute atomic E-state index is 0.385. The van der Waals surface area contributed by atoms with Crippen molar-refractivity contribution in [3.8, 4) is 5.75 Å². The maximum atomic E-state index is 9.69. The summed E-state index contributed by atoms with van der Waals surface area (Å²) in [5.74, 6) is 2.77. The average molecular weight is 271 g/mol. The van der Waals surface area contributed by atoms with Crippen LogP contribution in [0.25, 0.3) is 0 Å². The van der Waals surface area contributed by atoms with Crippen LogP contribution in [-0.2, 0) is 6.42 Å². The van der Waals surface area contributed by atoms with Gasteiger partial charge in [0, 0.05) is 6.04 Å². The van der Waals surface area contributed by atoms with Gasteiger partial charge in [-0.3, -0.25) is 0 Å². The molecule has 0 heterocycles. The van der Waals surface area contributed by atoms with Crippen LogP contribution < -0.4 is 5.73 Å². The maximum absolute atomic E-state index is 9.69. The fourth-order valence-electron chi connectivity index (χ4n) is 5.61. The van der Waals surface area contributed by atoms with Gasteiger partial charge in [-0.15, -0.1) is 0 Å². The van der Waals surface area contributed by atoms with Crippen LogP contribution >= 0.6 is 0 Å². The van der Waals surface area contributed by atoms with Crippen LogP contribution in [0, 0.1) is 17.3 Å². The van der Waals surface area contributed by atoms with Gasteiger partial charge in [-0.1, -0.05) is 13.0 Å². The largest absolute Gasteiger partial charge is 0.508 e. The van der Waals surface area contributed by atoms with E-state index in [9.17, 15) is 5.11 Å². The highest BCUT2D eigenvalue weighted by molar-refractivity contribution is 5.40. The molecule has 0 spiro atoms. The number of phenolic OH excluding ortho intramolecular Hbond substituents is 1. The summed E-state index contributed by atoms with van der Waals surface area (Å²) in [6, 6.07) is 6.45. The van der Waals surface area contributed by atoms with Crippen molar-refractivity contribution >= 4 is 0 Å². The molecule has 4 rings (SSSR count). The summed E-state index contributed by atoms with van der Waals surface area (Å²) >= 11 is 0. The second kappa shape index (κ2) is 4.24. The number of rotatable bonds is 0. The summed E-state index contributed by atoms with van der Waals surface area (Å²) < 4.78 is 0. The Balaban J connectivity index is 1.71. The Bertz CT molecular complexity index is 540. The molecule has 2 fully saturated rings. The molecule has 1 aromatic carbocycles. The molecular formula is C18H25NO. The molecule has 3 N–H and O–H groups in total. The lowest BCUT2D eigenvalue weighted by Gasteiger charge is -2.50. The van der Waals surface area contributed by atoms with Crippen molar-refractivity contribution in [3.63, 3.8) is 0 Å². The molecule has 2 saturated carbocycles. The monoisotopic (exact) mass is 271 g/mol. The standard InChI is InChI=1S/C18H25NO/c1-18-9-8-14-13-5-3-12(20)10-11(13)2-4-15(14)16(18)6-7-17(18)19/h3,5,10,14-17,20H,2,4,6-9,19H2,1H3/t14-,15-,16+,17?,18+/m1/s1. The zero-order chi connectivity index (χ0) is 13.9. The van der Waals surface area contributed by atoms with E-state index in [4.69, 9.17) is 5.73 Å². The lowest BCUT2D eigenvalue weighted by atomic mass is 9.55. The van der Waals surface area contributed by atoms with E-state index in [1.807, 2.05) is 12.1 Å². The number of hydrogen-bond donors (Lipinski definition) is 2. The zero-order valence-electron chi connectivity index (χ0n) is 12.3. The third kappa shape index (κ3) is 1.60. The van der Waals surface area contributed by atoms with Gasteiger partial charge >= 0.3 is 0 Å². The maximum Gasteiger partial charge on any atom is 0.115 e. The predicted octanol–water partition coefficient (Wildman–Crippen LogP) is 3.58. The molecule has 3 aliphatic rings. The number of hydrogen-bond acceptors (Lipinski definition) is 2. The van der Waals surface area contributed by atoms with Gasteiger partial charge in [0.25, 0.3) is 0 Å². The van der Waals surface area contributed by atoms with Crippen LogP contribution in [0.3, 0.4) is 0 Å². The fourth-order valence-corrected chi connectivity index (χ4v) is 5.61. The van der Waals surface area contributed by atoms with Gasteiger partial charge in [0.2, 0.25) is 0 Å². The number of fused-ring (bicyclic) bond motifs is 5. The molecule has 1 aromatic rings. The molecule has 0 bridgehead atoms. The minimum Gasteiger partial charge on any atom is -0.508 e. The third-order valence-corrected chi connectivity index (χ3v) is 6.78. The topological polar surface area (TPSA) is 46.2 Å². The highest BCUT2D eigenvalue weighted by atomic mass is 16.3. The van der Waals surface area contributed by atoms with Crippen molar-refractivity contribution in [3.05, 3.63) is 29.3 Å². The van der Waals surface area contributed by atoms with E-state index in [0.29, 0.717) is 23.1 Å². The van der Waals surface area contributed by atoms with E-state index >= 15 is 0 Å². The molecule has 3 aliphatic carbocycles. The lowest BCUT2D eigenvalue weighted by molar-refractivity contribution is 0.0496. The van der Waals surface area contributed by atoms with Crippen molar-refractivity contribution in [1.82, 2.24) is 0 Å². The number of phenols is 1. The Labute approximate surface area is 121 Å². The second-order valence-electron chi connectivity index (χ2n) is 7.53. The Hall–Kier alpha value is -1.02. The van der Waals surface area contributed by atoms with Gasteiger partial charge in [-0.2, -0.15) is 0 Å². The van der Waals surface area contributed by atoms with E-state index in [2.05, 4.69) is 13.0 Å². The van der Waals surface area contributed by atoms with Crippen LogP contribution in [0.1, 0.15) is 56.1 Å². The summed E-state index contributed by atoms with van der Waals surface area (Å²) in [4.78, 5) is 0. The Morgan fingerprint density at radius 2 is 2.05 bits per heavy atom. The van der Waals surface area contributed by atoms with Crippen LogP contribution in [0.15, 0.2) is 18.2 Å². The zero-order valence-corrected chi connectivity index (χ0v) is 12.3. The van der Waals surface area contributed by atoms with Gasteiger partial charge in [-0.05, 0) is 85.0 Å². The molecule has 5 atom stereocenters. The van der Waals surface area contributed by atoms with Crippen molar-refractivity contribution in [2.45, 2.75) is 57.4 Å². The van der Waals surface area contributed by atoms with E-state index in [0.717, 1.165) is 18.3 Å². The highest BCUT2D eigenvalue weighted by Crippen LogP contribution is 2.60. The summed E-state index contributed by atoms with van der Waals surface area (Å²) in [5.41, 5.74) is 9.71. The molecule has 0 aliphatic heterocycles. The summed E-state index contributed by atoms with van der Waals surface area (Å²) in [6.07, 6.45) is 7.52. The highest BCUT2D eigenvalue weighted by Gasteiger charge is 2.53. The van der Waals surface area contributed by atoms with E-state index in [-0.39, 0.29) is 0 Å². The van der Waals surface area contributed by atoms with Crippen LogP contribution in [0.4, 0.5) is 0 Å². The first kappa shape index (κ1) is 12.7. The van der Waals surface area contributed by atoms with Crippen molar-refractivity contribution in [2.24, 2.45) is 23.0 Å². The number of benzene rings is 1. The van der Waals surface area contributed by atoms with Crippen molar-refractivity contribution < 1.29 is 5.11 Å². The third-order valence-electron chi connectivity index (χ3n) is 6.78. The van der Waals surface area contributed by atoms with Crippen LogP contribution in [-0.4, -0.2) is 11.1 Å². The molecule has 0 aromatic heterocycles. The molecule has 0 amide bonds. The van der Waals surface area contributed by atoms with Crippen LogP contribution in [0.5, 0.6) is 5.75 Å². The van der Waals surface area contributed by atoms with Gasteiger partial charge in [0.1, 0.15) is 5.75 Å². The molecule has 20 heavy (non-hydrogen) atoms. The molecule has 2 nitrogen and oxygen atoms in total. The van der Waals surface area contributed by atoms with Crippen molar-refractivity contribution in [2.75, 3.05) is 0 Å². The normalized spacial score (nSPS) is 42.7. The predicted molar refractivity (Wildman–Crippen MR) is 80.7 cm³/mol. The molecule has 2 heteroatoms. The Kier molecular flexibility index (Phi) is 2.69. The van der Waals surface area contributed by atoms with Gasteiger partial charge < -0.3 is 10.8 Å². The lowest BCUT2D eigenvalue weighted by Crippen LogP contribution is -2.46. The minimum atomic E-state index is 0.385.